The van der Waals surface area contributed by atoms with Crippen LogP contribution in [-0.4, -0.2) is 16.8 Å². The van der Waals surface area contributed by atoms with Gasteiger partial charge in [-0.05, 0) is 35.7 Å². The summed E-state index contributed by atoms with van der Waals surface area (Å²) in [6, 6.07) is 15.9. The Labute approximate surface area is 127 Å². The second kappa shape index (κ2) is 6.82. The van der Waals surface area contributed by atoms with Crippen molar-refractivity contribution < 1.29 is 9.90 Å². The van der Waals surface area contributed by atoms with E-state index in [1.54, 1.807) is 0 Å². The molecule has 0 aromatic heterocycles. The lowest BCUT2D eigenvalue weighted by Crippen LogP contribution is -2.00. The van der Waals surface area contributed by atoms with E-state index in [-0.39, 0.29) is 11.0 Å². The van der Waals surface area contributed by atoms with Gasteiger partial charge in [0.2, 0.25) is 0 Å². The van der Waals surface area contributed by atoms with Crippen molar-refractivity contribution in [2.24, 2.45) is 0 Å². The average molecular weight is 307 g/mol. The van der Waals surface area contributed by atoms with Gasteiger partial charge in [0.1, 0.15) is 0 Å². The van der Waals surface area contributed by atoms with E-state index in [0.717, 1.165) is 21.7 Å². The van der Waals surface area contributed by atoms with E-state index in [0.29, 0.717) is 0 Å². The van der Waals surface area contributed by atoms with Crippen LogP contribution in [0.15, 0.2) is 48.5 Å². The summed E-state index contributed by atoms with van der Waals surface area (Å²) in [6.07, 6.45) is 0. The zero-order valence-corrected chi connectivity index (χ0v) is 12.6. The first-order valence-corrected chi connectivity index (χ1v) is 7.68. The minimum atomic E-state index is -0.778. The van der Waals surface area contributed by atoms with Gasteiger partial charge in [0, 0.05) is 10.3 Å². The van der Waals surface area contributed by atoms with Crippen molar-refractivity contribution in [1.29, 1.82) is 0 Å². The molecular formula is C16H15ClO2S. The molecule has 0 spiro atoms. The lowest BCUT2D eigenvalue weighted by atomic mass is 10.0. The predicted molar refractivity (Wildman–Crippen MR) is 85.4 cm³/mol. The number of aliphatic carboxylic acids is 1. The Morgan fingerprint density at radius 1 is 1.10 bits per heavy atom. The number of rotatable bonds is 5. The molecule has 0 saturated heterocycles. The molecule has 0 fully saturated rings. The monoisotopic (exact) mass is 306 g/mol. The second-order valence-corrected chi connectivity index (χ2v) is 6.24. The molecule has 0 saturated carbocycles. The summed E-state index contributed by atoms with van der Waals surface area (Å²) in [5.74, 6) is -0.653. The Bertz CT molecular complexity index is 578. The number of carboxylic acid groups (broad SMARTS) is 1. The van der Waals surface area contributed by atoms with Crippen molar-refractivity contribution >= 4 is 29.3 Å². The van der Waals surface area contributed by atoms with Crippen molar-refractivity contribution in [3.63, 3.8) is 0 Å². The fraction of sp³-hybridized carbons (Fsp3) is 0.188. The normalized spacial score (nSPS) is 12.1. The molecule has 104 valence electrons. The highest BCUT2D eigenvalue weighted by molar-refractivity contribution is 8.00. The number of halogens is 1. The number of carbonyl (C=O) groups is 1. The molecule has 1 atom stereocenters. The molecule has 1 unspecified atom stereocenters. The number of carboxylic acids is 1. The highest BCUT2D eigenvalue weighted by Gasteiger charge is 2.08. The van der Waals surface area contributed by atoms with Crippen LogP contribution in [0.4, 0.5) is 0 Å². The lowest BCUT2D eigenvalue weighted by molar-refractivity contribution is -0.133. The number of thioether (sulfide) groups is 1. The molecule has 0 bridgehead atoms. The van der Waals surface area contributed by atoms with Crippen LogP contribution in [-0.2, 0) is 4.79 Å². The maximum Gasteiger partial charge on any atom is 0.313 e. The molecular weight excluding hydrogens is 292 g/mol. The molecule has 0 aliphatic rings. The summed E-state index contributed by atoms with van der Waals surface area (Å²) in [4.78, 5) is 10.6. The van der Waals surface area contributed by atoms with Gasteiger partial charge >= 0.3 is 5.97 Å². The minimum Gasteiger partial charge on any atom is -0.481 e. The van der Waals surface area contributed by atoms with E-state index >= 15 is 0 Å². The largest absolute Gasteiger partial charge is 0.481 e. The highest BCUT2D eigenvalue weighted by Crippen LogP contribution is 2.30. The number of benzene rings is 2. The third kappa shape index (κ3) is 4.02. The maximum absolute atomic E-state index is 10.6. The van der Waals surface area contributed by atoms with Gasteiger partial charge in [-0.3, -0.25) is 4.79 Å². The molecule has 2 aromatic rings. The molecule has 0 aliphatic heterocycles. The van der Waals surface area contributed by atoms with E-state index in [2.05, 4.69) is 12.1 Å². The molecule has 0 heterocycles. The first-order chi connectivity index (χ1) is 9.56. The fourth-order valence-corrected chi connectivity index (χ4v) is 2.75. The molecule has 2 aromatic carbocycles. The maximum atomic E-state index is 10.6. The summed E-state index contributed by atoms with van der Waals surface area (Å²) in [5.41, 5.74) is 3.38. The molecule has 1 N–H and O–H groups in total. The zero-order chi connectivity index (χ0) is 14.5. The lowest BCUT2D eigenvalue weighted by Gasteiger charge is -2.11. The standard InChI is InChI=1S/C16H15ClO2S/c1-11(20-10-16(18)19)12-2-4-13(5-3-12)14-6-8-15(17)9-7-14/h2-9,11H,10H2,1H3,(H,18,19). The average Bonchev–Trinajstić information content (AvgIpc) is 2.46. The van der Waals surface area contributed by atoms with Gasteiger partial charge in [-0.25, -0.2) is 0 Å². The van der Waals surface area contributed by atoms with E-state index in [9.17, 15) is 4.79 Å². The quantitative estimate of drug-likeness (QED) is 0.855. The van der Waals surface area contributed by atoms with Crippen LogP contribution in [0.1, 0.15) is 17.7 Å². The van der Waals surface area contributed by atoms with E-state index < -0.39 is 5.97 Å². The first kappa shape index (κ1) is 14.9. The van der Waals surface area contributed by atoms with Crippen molar-refractivity contribution in [3.05, 3.63) is 59.1 Å². The van der Waals surface area contributed by atoms with E-state index in [1.807, 2.05) is 43.3 Å². The molecule has 0 aliphatic carbocycles. The van der Waals surface area contributed by atoms with Gasteiger partial charge in [-0.1, -0.05) is 48.0 Å². The Balaban J connectivity index is 2.09. The molecule has 2 nitrogen and oxygen atoms in total. The van der Waals surface area contributed by atoms with Gasteiger partial charge in [0.25, 0.3) is 0 Å². The molecule has 0 radical (unpaired) electrons. The van der Waals surface area contributed by atoms with Gasteiger partial charge in [0.15, 0.2) is 0 Å². The van der Waals surface area contributed by atoms with Crippen LogP contribution < -0.4 is 0 Å². The van der Waals surface area contributed by atoms with Crippen molar-refractivity contribution in [1.82, 2.24) is 0 Å². The Hall–Kier alpha value is -1.45. The highest BCUT2D eigenvalue weighted by atomic mass is 35.5. The number of hydrogen-bond acceptors (Lipinski definition) is 2. The Morgan fingerprint density at radius 2 is 1.60 bits per heavy atom. The van der Waals surface area contributed by atoms with Crippen LogP contribution in [0, 0.1) is 0 Å². The smallest absolute Gasteiger partial charge is 0.313 e. The topological polar surface area (TPSA) is 37.3 Å². The van der Waals surface area contributed by atoms with Crippen LogP contribution in [0.3, 0.4) is 0 Å². The minimum absolute atomic E-state index is 0.125. The zero-order valence-electron chi connectivity index (χ0n) is 11.0. The summed E-state index contributed by atoms with van der Waals surface area (Å²) in [6.45, 7) is 2.02. The van der Waals surface area contributed by atoms with Gasteiger partial charge < -0.3 is 5.11 Å². The second-order valence-electron chi connectivity index (χ2n) is 4.48. The summed E-state index contributed by atoms with van der Waals surface area (Å²) < 4.78 is 0. The molecule has 20 heavy (non-hydrogen) atoms. The fourth-order valence-electron chi connectivity index (χ4n) is 1.88. The SMILES string of the molecule is CC(SCC(=O)O)c1ccc(-c2ccc(Cl)cc2)cc1. The van der Waals surface area contributed by atoms with Crippen molar-refractivity contribution in [3.8, 4) is 11.1 Å². The van der Waals surface area contributed by atoms with Gasteiger partial charge in [-0.15, -0.1) is 11.8 Å². The third-order valence-electron chi connectivity index (χ3n) is 3.01. The van der Waals surface area contributed by atoms with Crippen LogP contribution in [0.5, 0.6) is 0 Å². The van der Waals surface area contributed by atoms with E-state index in [4.69, 9.17) is 16.7 Å². The summed E-state index contributed by atoms with van der Waals surface area (Å²) >= 11 is 7.30. The summed E-state index contributed by atoms with van der Waals surface area (Å²) in [5, 5.41) is 9.59. The van der Waals surface area contributed by atoms with Crippen LogP contribution in [0.25, 0.3) is 11.1 Å². The van der Waals surface area contributed by atoms with Crippen molar-refractivity contribution in [2.45, 2.75) is 12.2 Å². The molecule has 0 amide bonds. The van der Waals surface area contributed by atoms with Gasteiger partial charge in [-0.2, -0.15) is 0 Å². The predicted octanol–water partition coefficient (Wildman–Crippen LogP) is 4.89. The first-order valence-electron chi connectivity index (χ1n) is 6.25. The van der Waals surface area contributed by atoms with Crippen LogP contribution >= 0.6 is 23.4 Å². The van der Waals surface area contributed by atoms with Crippen molar-refractivity contribution in [2.75, 3.05) is 5.75 Å². The number of hydrogen-bond donors (Lipinski definition) is 1. The van der Waals surface area contributed by atoms with E-state index in [1.165, 1.54) is 11.8 Å². The molecule has 2 rings (SSSR count). The van der Waals surface area contributed by atoms with Crippen LogP contribution in [0.2, 0.25) is 5.02 Å². The van der Waals surface area contributed by atoms with Gasteiger partial charge in [0.05, 0.1) is 5.75 Å². The Morgan fingerprint density at radius 3 is 2.10 bits per heavy atom. The summed E-state index contributed by atoms with van der Waals surface area (Å²) in [7, 11) is 0. The Kier molecular flexibility index (Phi) is 5.10. The molecule has 4 heteroatoms. The third-order valence-corrected chi connectivity index (χ3v) is 4.45.